The van der Waals surface area contributed by atoms with Crippen molar-refractivity contribution in [2.45, 2.75) is 25.2 Å². The van der Waals surface area contributed by atoms with Gasteiger partial charge in [-0.3, -0.25) is 0 Å². The van der Waals surface area contributed by atoms with Crippen LogP contribution in [0.15, 0.2) is 33.2 Å². The van der Waals surface area contributed by atoms with Crippen LogP contribution in [0.5, 0.6) is 0 Å². The van der Waals surface area contributed by atoms with Crippen LogP contribution in [-0.2, 0) is 10.0 Å². The van der Waals surface area contributed by atoms with E-state index in [1.54, 1.807) is 19.1 Å². The molecule has 0 atom stereocenters. The highest BCUT2D eigenvalue weighted by Gasteiger charge is 2.28. The van der Waals surface area contributed by atoms with E-state index in [9.17, 15) is 8.42 Å². The molecule has 0 aromatic heterocycles. The van der Waals surface area contributed by atoms with E-state index in [1.807, 2.05) is 6.92 Å². The minimum absolute atomic E-state index is 0.286. The van der Waals surface area contributed by atoms with Gasteiger partial charge in [-0.05, 0) is 38.0 Å². The maximum Gasteiger partial charge on any atom is 0.243 e. The molecule has 0 saturated carbocycles. The Morgan fingerprint density at radius 2 is 2.00 bits per heavy atom. The number of anilines is 1. The Kier molecular flexibility index (Phi) is 4.03. The van der Waals surface area contributed by atoms with Crippen LogP contribution in [0.2, 0.25) is 0 Å². The largest absolute Gasteiger partial charge is 0.398 e. The summed E-state index contributed by atoms with van der Waals surface area (Å²) in [6, 6.07) is 3.34. The molecule has 0 amide bonds. The molecule has 0 radical (unpaired) electrons. The summed E-state index contributed by atoms with van der Waals surface area (Å²) < 4.78 is 27.6. The molecule has 0 fully saturated rings. The predicted octanol–water partition coefficient (Wildman–Crippen LogP) is 2.68. The Balaban J connectivity index is 2.48. The predicted molar refractivity (Wildman–Crippen MR) is 80.4 cm³/mol. The summed E-state index contributed by atoms with van der Waals surface area (Å²) in [6.07, 6.45) is 2.84. The van der Waals surface area contributed by atoms with Crippen LogP contribution in [0, 0.1) is 6.92 Å². The molecule has 1 aliphatic heterocycles. The van der Waals surface area contributed by atoms with Gasteiger partial charge in [0, 0.05) is 23.2 Å². The van der Waals surface area contributed by atoms with Gasteiger partial charge in [0.15, 0.2) is 0 Å². The highest BCUT2D eigenvalue weighted by Crippen LogP contribution is 2.29. The Bertz CT molecular complexity index is 638. The van der Waals surface area contributed by atoms with Crippen LogP contribution in [0.4, 0.5) is 5.69 Å². The van der Waals surface area contributed by atoms with Gasteiger partial charge in [-0.2, -0.15) is 4.31 Å². The van der Waals surface area contributed by atoms with E-state index in [2.05, 4.69) is 22.0 Å². The highest BCUT2D eigenvalue weighted by molar-refractivity contribution is 9.10. The van der Waals surface area contributed by atoms with E-state index < -0.39 is 10.0 Å². The third-order valence-corrected chi connectivity index (χ3v) is 5.71. The smallest absolute Gasteiger partial charge is 0.243 e. The molecule has 2 N–H and O–H groups in total. The number of nitrogens with zero attached hydrogens (tertiary/aromatic N) is 1. The van der Waals surface area contributed by atoms with Gasteiger partial charge in [0.05, 0.1) is 4.90 Å². The normalized spacial score (nSPS) is 17.3. The van der Waals surface area contributed by atoms with E-state index in [1.165, 1.54) is 4.31 Å². The van der Waals surface area contributed by atoms with E-state index in [4.69, 9.17) is 5.73 Å². The van der Waals surface area contributed by atoms with Crippen LogP contribution in [-0.4, -0.2) is 25.8 Å². The van der Waals surface area contributed by atoms with Crippen molar-refractivity contribution >= 4 is 31.6 Å². The number of nitrogens with two attached hydrogens (primary N) is 1. The van der Waals surface area contributed by atoms with Gasteiger partial charge >= 0.3 is 0 Å². The third kappa shape index (κ3) is 2.85. The van der Waals surface area contributed by atoms with Gasteiger partial charge in [0.1, 0.15) is 0 Å². The summed E-state index contributed by atoms with van der Waals surface area (Å²) in [7, 11) is -3.49. The number of hydrogen-bond donors (Lipinski definition) is 1. The molecule has 0 bridgehead atoms. The Morgan fingerprint density at radius 1 is 1.32 bits per heavy atom. The van der Waals surface area contributed by atoms with Crippen molar-refractivity contribution in [3.8, 4) is 0 Å². The van der Waals surface area contributed by atoms with E-state index in [-0.39, 0.29) is 4.90 Å². The second-order valence-corrected chi connectivity index (χ2v) is 7.62. The molecular weight excluding hydrogens is 328 g/mol. The molecule has 104 valence electrons. The van der Waals surface area contributed by atoms with Crippen LogP contribution in [0.3, 0.4) is 0 Å². The van der Waals surface area contributed by atoms with Crippen LogP contribution in [0.1, 0.15) is 18.9 Å². The van der Waals surface area contributed by atoms with Crippen molar-refractivity contribution in [3.05, 3.63) is 33.8 Å². The topological polar surface area (TPSA) is 63.4 Å². The number of sulfonamides is 1. The second-order valence-electron chi connectivity index (χ2n) is 4.80. The van der Waals surface area contributed by atoms with Gasteiger partial charge in [-0.1, -0.05) is 27.6 Å². The Morgan fingerprint density at radius 3 is 2.63 bits per heavy atom. The van der Waals surface area contributed by atoms with Crippen molar-refractivity contribution in [1.29, 1.82) is 0 Å². The average molecular weight is 345 g/mol. The first kappa shape index (κ1) is 14.6. The lowest BCUT2D eigenvalue weighted by atomic mass is 10.2. The van der Waals surface area contributed by atoms with Crippen LogP contribution in [0.25, 0.3) is 0 Å². The second kappa shape index (κ2) is 5.26. The summed E-state index contributed by atoms with van der Waals surface area (Å²) in [6.45, 7) is 4.66. The van der Waals surface area contributed by atoms with Crippen molar-refractivity contribution in [1.82, 2.24) is 4.31 Å². The summed E-state index contributed by atoms with van der Waals surface area (Å²) >= 11 is 3.30. The Hall–Kier alpha value is -0.850. The SMILES string of the molecule is CC1=CCCN(S(=O)(=O)c2cc(Br)cc(N)c2C)C1. The van der Waals surface area contributed by atoms with Crippen LogP contribution < -0.4 is 5.73 Å². The number of hydrogen-bond acceptors (Lipinski definition) is 3. The average Bonchev–Trinajstić information content (AvgIpc) is 2.33. The lowest BCUT2D eigenvalue weighted by molar-refractivity contribution is 0.427. The van der Waals surface area contributed by atoms with Gasteiger partial charge in [-0.15, -0.1) is 0 Å². The molecule has 1 aromatic carbocycles. The number of nitrogen functional groups attached to an aromatic ring is 1. The molecule has 2 rings (SSSR count). The lowest BCUT2D eigenvalue weighted by Crippen LogP contribution is -2.35. The van der Waals surface area contributed by atoms with E-state index in [0.29, 0.717) is 28.8 Å². The van der Waals surface area contributed by atoms with Crippen molar-refractivity contribution < 1.29 is 8.42 Å². The molecule has 0 unspecified atom stereocenters. The van der Waals surface area contributed by atoms with Gasteiger partial charge in [-0.25, -0.2) is 8.42 Å². The van der Waals surface area contributed by atoms with E-state index in [0.717, 1.165) is 12.0 Å². The third-order valence-electron chi connectivity index (χ3n) is 3.28. The molecule has 6 heteroatoms. The summed E-state index contributed by atoms with van der Waals surface area (Å²) in [5, 5.41) is 0. The van der Waals surface area contributed by atoms with Crippen LogP contribution >= 0.6 is 15.9 Å². The standard InChI is InChI=1S/C13H17BrN2O2S/c1-9-4-3-5-16(8-9)19(17,18)13-7-11(14)6-12(15)10(13)2/h4,6-7H,3,5,8,15H2,1-2H3. The van der Waals surface area contributed by atoms with Crippen molar-refractivity contribution in [2.24, 2.45) is 0 Å². The highest BCUT2D eigenvalue weighted by atomic mass is 79.9. The number of rotatable bonds is 2. The first-order valence-electron chi connectivity index (χ1n) is 6.04. The van der Waals surface area contributed by atoms with Gasteiger partial charge in [0.25, 0.3) is 0 Å². The minimum Gasteiger partial charge on any atom is -0.398 e. The fraction of sp³-hybridized carbons (Fsp3) is 0.385. The molecule has 0 saturated heterocycles. The molecular formula is C13H17BrN2O2S. The molecule has 1 heterocycles. The zero-order chi connectivity index (χ0) is 14.2. The number of halogens is 1. The van der Waals surface area contributed by atoms with Crippen molar-refractivity contribution in [2.75, 3.05) is 18.8 Å². The number of benzene rings is 1. The zero-order valence-corrected chi connectivity index (χ0v) is 13.4. The molecule has 0 spiro atoms. The minimum atomic E-state index is -3.49. The fourth-order valence-electron chi connectivity index (χ4n) is 2.16. The fourth-order valence-corrected chi connectivity index (χ4v) is 4.57. The summed E-state index contributed by atoms with van der Waals surface area (Å²) in [4.78, 5) is 0.286. The summed E-state index contributed by atoms with van der Waals surface area (Å²) in [5.41, 5.74) is 8.02. The quantitative estimate of drug-likeness (QED) is 0.662. The molecule has 0 aliphatic carbocycles. The lowest BCUT2D eigenvalue weighted by Gasteiger charge is -2.26. The van der Waals surface area contributed by atoms with Gasteiger partial charge < -0.3 is 5.73 Å². The van der Waals surface area contributed by atoms with Crippen molar-refractivity contribution in [3.63, 3.8) is 0 Å². The molecule has 1 aromatic rings. The monoisotopic (exact) mass is 344 g/mol. The van der Waals surface area contributed by atoms with E-state index >= 15 is 0 Å². The molecule has 1 aliphatic rings. The first-order chi connectivity index (χ1) is 8.82. The zero-order valence-electron chi connectivity index (χ0n) is 11.0. The Labute approximate surface area is 122 Å². The molecule has 4 nitrogen and oxygen atoms in total. The first-order valence-corrected chi connectivity index (χ1v) is 8.27. The van der Waals surface area contributed by atoms with Gasteiger partial charge in [0.2, 0.25) is 10.0 Å². The summed E-state index contributed by atoms with van der Waals surface area (Å²) in [5.74, 6) is 0. The maximum absolute atomic E-state index is 12.7. The molecule has 19 heavy (non-hydrogen) atoms. The maximum atomic E-state index is 12.7.